The zero-order valence-corrected chi connectivity index (χ0v) is 16.3. The number of aromatic nitrogens is 3. The number of pyridine rings is 1. The lowest BCUT2D eigenvalue weighted by Gasteiger charge is -2.27. The highest BCUT2D eigenvalue weighted by molar-refractivity contribution is 5.74. The molecule has 1 unspecified atom stereocenters. The van der Waals surface area contributed by atoms with Gasteiger partial charge in [-0.2, -0.15) is 4.98 Å². The third-order valence-electron chi connectivity index (χ3n) is 5.21. The van der Waals surface area contributed by atoms with E-state index in [0.717, 1.165) is 37.7 Å². The van der Waals surface area contributed by atoms with Crippen molar-refractivity contribution in [2.45, 2.75) is 38.1 Å². The van der Waals surface area contributed by atoms with Crippen LogP contribution in [0.4, 0.5) is 4.79 Å². The largest absolute Gasteiger partial charge is 0.338 e. The fourth-order valence-electron chi connectivity index (χ4n) is 3.66. The van der Waals surface area contributed by atoms with Crippen molar-refractivity contribution in [3.05, 3.63) is 66.3 Å². The second kappa shape index (κ2) is 9.32. The summed E-state index contributed by atoms with van der Waals surface area (Å²) < 4.78 is 5.57. The van der Waals surface area contributed by atoms with E-state index in [0.29, 0.717) is 24.8 Å². The summed E-state index contributed by atoms with van der Waals surface area (Å²) in [4.78, 5) is 23.4. The predicted octanol–water partition coefficient (Wildman–Crippen LogP) is 4.00. The van der Waals surface area contributed by atoms with Gasteiger partial charge in [0.15, 0.2) is 0 Å². The second-order valence-corrected chi connectivity index (χ2v) is 7.22. The standard InChI is InChI=1S/C22H25N5O2/c28-22(24-15-10-17-7-3-1-4-8-17)27-16-6-2-5-9-19(27)21-25-20(26-29-21)18-11-13-23-14-12-18/h1,3-4,7-8,11-14,19H,2,5-6,9-10,15-16H2,(H,24,28). The number of amides is 2. The summed E-state index contributed by atoms with van der Waals surface area (Å²) in [6.07, 6.45) is 8.13. The lowest BCUT2D eigenvalue weighted by atomic mass is 10.1. The van der Waals surface area contributed by atoms with Crippen LogP contribution in [0.1, 0.15) is 43.2 Å². The molecule has 4 rings (SSSR count). The molecule has 3 heterocycles. The second-order valence-electron chi connectivity index (χ2n) is 7.22. The highest BCUT2D eigenvalue weighted by Gasteiger charge is 2.31. The molecule has 3 aromatic rings. The van der Waals surface area contributed by atoms with Crippen LogP contribution in [0.2, 0.25) is 0 Å². The van der Waals surface area contributed by atoms with Crippen LogP contribution in [0.5, 0.6) is 0 Å². The number of carbonyl (C=O) groups excluding carboxylic acids is 1. The maximum atomic E-state index is 12.9. The maximum absolute atomic E-state index is 12.9. The van der Waals surface area contributed by atoms with E-state index in [4.69, 9.17) is 4.52 Å². The van der Waals surface area contributed by atoms with Crippen molar-refractivity contribution in [1.29, 1.82) is 0 Å². The number of nitrogens with zero attached hydrogens (tertiary/aromatic N) is 4. The molecule has 29 heavy (non-hydrogen) atoms. The van der Waals surface area contributed by atoms with Gasteiger partial charge in [0.1, 0.15) is 6.04 Å². The summed E-state index contributed by atoms with van der Waals surface area (Å²) in [5.74, 6) is 1.02. The molecule has 0 spiro atoms. The molecule has 1 aliphatic rings. The highest BCUT2D eigenvalue weighted by atomic mass is 16.5. The molecule has 7 heteroatoms. The number of likely N-dealkylation sites (tertiary alicyclic amines) is 1. The van der Waals surface area contributed by atoms with E-state index < -0.39 is 0 Å². The minimum Gasteiger partial charge on any atom is -0.338 e. The lowest BCUT2D eigenvalue weighted by Crippen LogP contribution is -2.43. The van der Waals surface area contributed by atoms with E-state index in [2.05, 4.69) is 32.6 Å². The van der Waals surface area contributed by atoms with Gasteiger partial charge in [0, 0.05) is 31.0 Å². The maximum Gasteiger partial charge on any atom is 0.318 e. The Kier molecular flexibility index (Phi) is 6.14. The molecule has 0 radical (unpaired) electrons. The molecular formula is C22H25N5O2. The SMILES string of the molecule is O=C(NCCc1ccccc1)N1CCCCCC1c1nc(-c2ccncc2)no1. The van der Waals surface area contributed by atoms with Crippen molar-refractivity contribution in [3.63, 3.8) is 0 Å². The quantitative estimate of drug-likeness (QED) is 0.711. The van der Waals surface area contributed by atoms with Gasteiger partial charge in [0.2, 0.25) is 11.7 Å². The highest BCUT2D eigenvalue weighted by Crippen LogP contribution is 2.30. The molecule has 2 amide bonds. The molecule has 150 valence electrons. The third kappa shape index (κ3) is 4.80. The molecule has 1 atom stereocenters. The van der Waals surface area contributed by atoms with Crippen LogP contribution in [-0.2, 0) is 6.42 Å². The van der Waals surface area contributed by atoms with Gasteiger partial charge < -0.3 is 14.7 Å². The van der Waals surface area contributed by atoms with Gasteiger partial charge >= 0.3 is 6.03 Å². The Morgan fingerprint density at radius 1 is 1.10 bits per heavy atom. The minimum atomic E-state index is -0.197. The van der Waals surface area contributed by atoms with E-state index >= 15 is 0 Å². The van der Waals surface area contributed by atoms with Crippen molar-refractivity contribution in [2.75, 3.05) is 13.1 Å². The summed E-state index contributed by atoms with van der Waals surface area (Å²) in [6.45, 7) is 1.28. The van der Waals surface area contributed by atoms with Crippen LogP contribution < -0.4 is 5.32 Å². The van der Waals surface area contributed by atoms with Crippen molar-refractivity contribution < 1.29 is 9.32 Å². The van der Waals surface area contributed by atoms with Crippen LogP contribution in [-0.4, -0.2) is 39.1 Å². The zero-order valence-electron chi connectivity index (χ0n) is 16.3. The average molecular weight is 391 g/mol. The van der Waals surface area contributed by atoms with E-state index in [1.807, 2.05) is 35.2 Å². The van der Waals surface area contributed by atoms with Gasteiger partial charge in [-0.15, -0.1) is 0 Å². The first-order valence-corrected chi connectivity index (χ1v) is 10.1. The molecule has 2 aromatic heterocycles. The Morgan fingerprint density at radius 2 is 1.93 bits per heavy atom. The monoisotopic (exact) mass is 391 g/mol. The Bertz CT molecular complexity index is 913. The third-order valence-corrected chi connectivity index (χ3v) is 5.21. The van der Waals surface area contributed by atoms with Crippen LogP contribution in [0.15, 0.2) is 59.4 Å². The molecule has 0 bridgehead atoms. The number of carbonyl (C=O) groups is 1. The van der Waals surface area contributed by atoms with Crippen LogP contribution >= 0.6 is 0 Å². The number of nitrogens with one attached hydrogen (secondary N) is 1. The Hall–Kier alpha value is -3.22. The Balaban J connectivity index is 1.44. The molecule has 1 aliphatic heterocycles. The number of hydrogen-bond acceptors (Lipinski definition) is 5. The van der Waals surface area contributed by atoms with E-state index in [1.165, 1.54) is 5.56 Å². The average Bonchev–Trinajstić information content (AvgIpc) is 3.13. The Morgan fingerprint density at radius 3 is 2.76 bits per heavy atom. The first kappa shape index (κ1) is 19.1. The summed E-state index contributed by atoms with van der Waals surface area (Å²) >= 11 is 0. The summed E-state index contributed by atoms with van der Waals surface area (Å²) in [7, 11) is 0. The van der Waals surface area contributed by atoms with E-state index in [9.17, 15) is 4.79 Å². The van der Waals surface area contributed by atoms with Gasteiger partial charge in [-0.25, -0.2) is 4.79 Å². The van der Waals surface area contributed by atoms with Gasteiger partial charge in [-0.3, -0.25) is 4.98 Å². The van der Waals surface area contributed by atoms with Gasteiger partial charge in [0.25, 0.3) is 0 Å². The molecule has 1 fully saturated rings. The summed E-state index contributed by atoms with van der Waals surface area (Å²) in [5.41, 5.74) is 2.06. The van der Waals surface area contributed by atoms with Crippen molar-refractivity contribution >= 4 is 6.03 Å². The van der Waals surface area contributed by atoms with Gasteiger partial charge in [-0.05, 0) is 37.0 Å². The molecule has 1 aromatic carbocycles. The minimum absolute atomic E-state index is 0.0727. The van der Waals surface area contributed by atoms with Crippen molar-refractivity contribution in [3.8, 4) is 11.4 Å². The number of rotatable bonds is 5. The van der Waals surface area contributed by atoms with Crippen LogP contribution in [0.25, 0.3) is 11.4 Å². The van der Waals surface area contributed by atoms with E-state index in [1.54, 1.807) is 12.4 Å². The van der Waals surface area contributed by atoms with Crippen molar-refractivity contribution in [2.24, 2.45) is 0 Å². The number of benzene rings is 1. The fourth-order valence-corrected chi connectivity index (χ4v) is 3.66. The zero-order chi connectivity index (χ0) is 19.9. The smallest absolute Gasteiger partial charge is 0.318 e. The first-order chi connectivity index (χ1) is 14.3. The van der Waals surface area contributed by atoms with Crippen LogP contribution in [0, 0.1) is 0 Å². The number of urea groups is 1. The summed E-state index contributed by atoms with van der Waals surface area (Å²) in [5, 5.41) is 7.17. The molecular weight excluding hydrogens is 366 g/mol. The van der Waals surface area contributed by atoms with E-state index in [-0.39, 0.29) is 12.1 Å². The number of hydrogen-bond donors (Lipinski definition) is 1. The molecule has 0 saturated carbocycles. The van der Waals surface area contributed by atoms with Crippen molar-refractivity contribution in [1.82, 2.24) is 25.3 Å². The normalized spacial score (nSPS) is 17.0. The predicted molar refractivity (Wildman–Crippen MR) is 109 cm³/mol. The van der Waals surface area contributed by atoms with Gasteiger partial charge in [0.05, 0.1) is 0 Å². The molecule has 0 aliphatic carbocycles. The van der Waals surface area contributed by atoms with Crippen LogP contribution in [0.3, 0.4) is 0 Å². The molecule has 1 N–H and O–H groups in total. The first-order valence-electron chi connectivity index (χ1n) is 10.1. The fraction of sp³-hybridized carbons (Fsp3) is 0.364. The molecule has 7 nitrogen and oxygen atoms in total. The lowest BCUT2D eigenvalue weighted by molar-refractivity contribution is 0.159. The summed E-state index contributed by atoms with van der Waals surface area (Å²) in [6, 6.07) is 13.6. The molecule has 1 saturated heterocycles. The topological polar surface area (TPSA) is 84.2 Å². The van der Waals surface area contributed by atoms with Gasteiger partial charge in [-0.1, -0.05) is 48.3 Å². The Labute approximate surface area is 170 Å².